The SMILES string of the molecule is CCC(C)NCc1cc(F)cc(OC)c1. The van der Waals surface area contributed by atoms with Gasteiger partial charge < -0.3 is 10.1 Å². The smallest absolute Gasteiger partial charge is 0.127 e. The minimum absolute atomic E-state index is 0.254. The molecule has 0 saturated heterocycles. The van der Waals surface area contributed by atoms with Crippen molar-refractivity contribution in [1.82, 2.24) is 5.32 Å². The summed E-state index contributed by atoms with van der Waals surface area (Å²) in [4.78, 5) is 0. The molecule has 0 aliphatic heterocycles. The molecule has 3 heteroatoms. The van der Waals surface area contributed by atoms with Gasteiger partial charge in [0.25, 0.3) is 0 Å². The number of hydrogen-bond acceptors (Lipinski definition) is 2. The van der Waals surface area contributed by atoms with Gasteiger partial charge in [0.05, 0.1) is 7.11 Å². The van der Waals surface area contributed by atoms with Crippen LogP contribution in [-0.2, 0) is 6.54 Å². The van der Waals surface area contributed by atoms with Crippen molar-refractivity contribution in [2.75, 3.05) is 7.11 Å². The molecule has 1 aromatic rings. The molecular formula is C12H18FNO. The molecule has 0 bridgehead atoms. The van der Waals surface area contributed by atoms with Gasteiger partial charge in [0.1, 0.15) is 11.6 Å². The molecule has 84 valence electrons. The average Bonchev–Trinajstić information content (AvgIpc) is 2.25. The fraction of sp³-hybridized carbons (Fsp3) is 0.500. The monoisotopic (exact) mass is 211 g/mol. The highest BCUT2D eigenvalue weighted by Crippen LogP contribution is 2.15. The second-order valence-corrected chi connectivity index (χ2v) is 3.69. The Labute approximate surface area is 90.4 Å². The largest absolute Gasteiger partial charge is 0.497 e. The zero-order valence-electron chi connectivity index (χ0n) is 9.51. The highest BCUT2D eigenvalue weighted by molar-refractivity contribution is 5.29. The molecule has 0 aromatic heterocycles. The summed E-state index contributed by atoms with van der Waals surface area (Å²) in [5.74, 6) is 0.311. The Balaban J connectivity index is 2.64. The maximum atomic E-state index is 13.1. The van der Waals surface area contributed by atoms with Crippen molar-refractivity contribution >= 4 is 0 Å². The molecule has 1 atom stereocenters. The molecule has 0 spiro atoms. The predicted molar refractivity (Wildman–Crippen MR) is 59.5 cm³/mol. The van der Waals surface area contributed by atoms with E-state index in [4.69, 9.17) is 4.74 Å². The zero-order valence-corrected chi connectivity index (χ0v) is 9.51. The van der Waals surface area contributed by atoms with Gasteiger partial charge in [-0.05, 0) is 31.0 Å². The second kappa shape index (κ2) is 5.71. The third-order valence-corrected chi connectivity index (χ3v) is 2.43. The summed E-state index contributed by atoms with van der Waals surface area (Å²) in [6.45, 7) is 4.89. The molecule has 2 nitrogen and oxygen atoms in total. The summed E-state index contributed by atoms with van der Waals surface area (Å²) in [7, 11) is 1.54. The fourth-order valence-electron chi connectivity index (χ4n) is 1.28. The fourth-order valence-corrected chi connectivity index (χ4v) is 1.28. The van der Waals surface area contributed by atoms with Gasteiger partial charge in [0, 0.05) is 18.7 Å². The van der Waals surface area contributed by atoms with Gasteiger partial charge in [-0.25, -0.2) is 4.39 Å². The van der Waals surface area contributed by atoms with Crippen molar-refractivity contribution in [3.8, 4) is 5.75 Å². The highest BCUT2D eigenvalue weighted by Gasteiger charge is 2.02. The number of ether oxygens (including phenoxy) is 1. The number of hydrogen-bond donors (Lipinski definition) is 1. The molecule has 1 aromatic carbocycles. The van der Waals surface area contributed by atoms with Crippen LogP contribution in [0.5, 0.6) is 5.75 Å². The van der Waals surface area contributed by atoms with Crippen LogP contribution in [0.1, 0.15) is 25.8 Å². The van der Waals surface area contributed by atoms with Crippen molar-refractivity contribution in [1.29, 1.82) is 0 Å². The molecule has 0 aliphatic carbocycles. The van der Waals surface area contributed by atoms with Gasteiger partial charge in [-0.3, -0.25) is 0 Å². The maximum absolute atomic E-state index is 13.1. The molecule has 0 fully saturated rings. The van der Waals surface area contributed by atoms with Crippen LogP contribution in [0.4, 0.5) is 4.39 Å². The van der Waals surface area contributed by atoms with E-state index in [0.717, 1.165) is 12.0 Å². The Bertz CT molecular complexity index is 314. The molecule has 0 saturated carbocycles. The van der Waals surface area contributed by atoms with Crippen molar-refractivity contribution < 1.29 is 9.13 Å². The van der Waals surface area contributed by atoms with Crippen molar-refractivity contribution in [3.63, 3.8) is 0 Å². The molecule has 1 rings (SSSR count). The molecule has 0 radical (unpaired) electrons. The number of rotatable bonds is 5. The minimum atomic E-state index is -0.254. The van der Waals surface area contributed by atoms with E-state index in [2.05, 4.69) is 19.2 Å². The molecular weight excluding hydrogens is 193 g/mol. The Morgan fingerprint density at radius 1 is 1.40 bits per heavy atom. The van der Waals surface area contributed by atoms with E-state index in [0.29, 0.717) is 18.3 Å². The minimum Gasteiger partial charge on any atom is -0.497 e. The predicted octanol–water partition coefficient (Wildman–Crippen LogP) is 2.72. The topological polar surface area (TPSA) is 21.3 Å². The molecule has 1 N–H and O–H groups in total. The zero-order chi connectivity index (χ0) is 11.3. The van der Waals surface area contributed by atoms with E-state index >= 15 is 0 Å². The van der Waals surface area contributed by atoms with Gasteiger partial charge in [0.2, 0.25) is 0 Å². The van der Waals surface area contributed by atoms with E-state index < -0.39 is 0 Å². The van der Waals surface area contributed by atoms with E-state index in [1.165, 1.54) is 12.1 Å². The summed E-state index contributed by atoms with van der Waals surface area (Å²) in [6.07, 6.45) is 1.06. The molecule has 0 heterocycles. The summed E-state index contributed by atoms with van der Waals surface area (Å²) in [6, 6.07) is 5.20. The first kappa shape index (κ1) is 12.0. The Morgan fingerprint density at radius 3 is 2.73 bits per heavy atom. The maximum Gasteiger partial charge on any atom is 0.127 e. The van der Waals surface area contributed by atoms with Crippen LogP contribution in [0, 0.1) is 5.82 Å². The van der Waals surface area contributed by atoms with Crippen molar-refractivity contribution in [2.45, 2.75) is 32.9 Å². The van der Waals surface area contributed by atoms with Gasteiger partial charge in [-0.1, -0.05) is 6.92 Å². The van der Waals surface area contributed by atoms with E-state index in [1.54, 1.807) is 7.11 Å². The summed E-state index contributed by atoms with van der Waals surface area (Å²) in [5.41, 5.74) is 0.909. The Hall–Kier alpha value is -1.09. The Morgan fingerprint density at radius 2 is 2.13 bits per heavy atom. The normalized spacial score (nSPS) is 12.5. The lowest BCUT2D eigenvalue weighted by atomic mass is 10.2. The molecule has 0 amide bonds. The third kappa shape index (κ3) is 3.88. The van der Waals surface area contributed by atoms with Crippen molar-refractivity contribution in [2.24, 2.45) is 0 Å². The Kier molecular flexibility index (Phi) is 4.56. The number of halogens is 1. The van der Waals surface area contributed by atoms with Crippen LogP contribution < -0.4 is 10.1 Å². The van der Waals surface area contributed by atoms with Crippen LogP contribution in [0.3, 0.4) is 0 Å². The highest BCUT2D eigenvalue weighted by atomic mass is 19.1. The third-order valence-electron chi connectivity index (χ3n) is 2.43. The van der Waals surface area contributed by atoms with Crippen LogP contribution >= 0.6 is 0 Å². The summed E-state index contributed by atoms with van der Waals surface area (Å²) >= 11 is 0. The average molecular weight is 211 g/mol. The van der Waals surface area contributed by atoms with Crippen molar-refractivity contribution in [3.05, 3.63) is 29.6 Å². The summed E-state index contributed by atoms with van der Waals surface area (Å²) < 4.78 is 18.1. The van der Waals surface area contributed by atoms with Gasteiger partial charge in [0.15, 0.2) is 0 Å². The number of benzene rings is 1. The first-order chi connectivity index (χ1) is 7.15. The van der Waals surface area contributed by atoms with E-state index in [-0.39, 0.29) is 5.82 Å². The van der Waals surface area contributed by atoms with Gasteiger partial charge in [-0.15, -0.1) is 0 Å². The van der Waals surface area contributed by atoms with E-state index in [9.17, 15) is 4.39 Å². The first-order valence-corrected chi connectivity index (χ1v) is 5.22. The second-order valence-electron chi connectivity index (χ2n) is 3.69. The molecule has 1 unspecified atom stereocenters. The summed E-state index contributed by atoms with van der Waals surface area (Å²) in [5, 5.41) is 3.30. The van der Waals surface area contributed by atoms with Gasteiger partial charge in [-0.2, -0.15) is 0 Å². The van der Waals surface area contributed by atoms with Gasteiger partial charge >= 0.3 is 0 Å². The standard InChI is InChI=1S/C12H18FNO/c1-4-9(2)14-8-10-5-11(13)7-12(6-10)15-3/h5-7,9,14H,4,8H2,1-3H3. The van der Waals surface area contributed by atoms with Crippen LogP contribution in [-0.4, -0.2) is 13.2 Å². The van der Waals surface area contributed by atoms with Crippen LogP contribution in [0.2, 0.25) is 0 Å². The van der Waals surface area contributed by atoms with E-state index in [1.807, 2.05) is 6.07 Å². The quantitative estimate of drug-likeness (QED) is 0.808. The molecule has 15 heavy (non-hydrogen) atoms. The first-order valence-electron chi connectivity index (χ1n) is 5.22. The lowest BCUT2D eigenvalue weighted by Gasteiger charge is -2.11. The number of methoxy groups -OCH3 is 1. The van der Waals surface area contributed by atoms with Crippen LogP contribution in [0.25, 0.3) is 0 Å². The number of nitrogens with one attached hydrogen (secondary N) is 1. The lowest BCUT2D eigenvalue weighted by molar-refractivity contribution is 0.410. The molecule has 0 aliphatic rings. The van der Waals surface area contributed by atoms with Crippen LogP contribution in [0.15, 0.2) is 18.2 Å². The lowest BCUT2D eigenvalue weighted by Crippen LogP contribution is -2.24.